The summed E-state index contributed by atoms with van der Waals surface area (Å²) in [5.41, 5.74) is 0.541. The Morgan fingerprint density at radius 3 is 2.42 bits per heavy atom. The van der Waals surface area contributed by atoms with Gasteiger partial charge in [0, 0.05) is 0 Å². The van der Waals surface area contributed by atoms with Crippen molar-refractivity contribution >= 4 is 23.9 Å². The molecular formula is C17H15N2O5-. The van der Waals surface area contributed by atoms with E-state index in [9.17, 15) is 19.5 Å². The molecule has 0 spiro atoms. The van der Waals surface area contributed by atoms with Crippen LogP contribution in [0.2, 0.25) is 0 Å². The number of carbonyl (C=O) groups excluding carboxylic acids is 3. The van der Waals surface area contributed by atoms with Crippen molar-refractivity contribution in [3.05, 3.63) is 65.7 Å². The van der Waals surface area contributed by atoms with Crippen LogP contribution in [-0.4, -0.2) is 23.8 Å². The molecule has 24 heavy (non-hydrogen) atoms. The molecule has 1 heterocycles. The molecule has 0 fully saturated rings. The van der Waals surface area contributed by atoms with Crippen molar-refractivity contribution in [1.82, 2.24) is 10.6 Å². The fourth-order valence-corrected chi connectivity index (χ4v) is 1.80. The van der Waals surface area contributed by atoms with Crippen molar-refractivity contribution in [2.45, 2.75) is 13.0 Å². The van der Waals surface area contributed by atoms with Crippen LogP contribution in [0, 0.1) is 0 Å². The Bertz CT molecular complexity index is 751. The van der Waals surface area contributed by atoms with Crippen LogP contribution in [0.4, 0.5) is 0 Å². The number of furan rings is 1. The van der Waals surface area contributed by atoms with Crippen molar-refractivity contribution < 1.29 is 23.9 Å². The molecule has 7 nitrogen and oxygen atoms in total. The van der Waals surface area contributed by atoms with E-state index in [1.54, 1.807) is 30.3 Å². The summed E-state index contributed by atoms with van der Waals surface area (Å²) in [6, 6.07) is 10.6. The number of amides is 2. The summed E-state index contributed by atoms with van der Waals surface area (Å²) in [5, 5.41) is 15.4. The molecule has 7 heteroatoms. The monoisotopic (exact) mass is 327 g/mol. The number of nitrogens with one attached hydrogen (secondary N) is 2. The second-order valence-electron chi connectivity index (χ2n) is 4.91. The van der Waals surface area contributed by atoms with Crippen LogP contribution in [0.25, 0.3) is 6.08 Å². The topological polar surface area (TPSA) is 111 Å². The number of benzene rings is 1. The van der Waals surface area contributed by atoms with Crippen LogP contribution in [-0.2, 0) is 9.59 Å². The van der Waals surface area contributed by atoms with E-state index in [4.69, 9.17) is 4.42 Å². The first-order valence-corrected chi connectivity index (χ1v) is 7.10. The molecule has 0 bridgehead atoms. The average Bonchev–Trinajstić information content (AvgIpc) is 3.09. The van der Waals surface area contributed by atoms with E-state index >= 15 is 0 Å². The first-order valence-electron chi connectivity index (χ1n) is 7.10. The molecule has 1 aromatic heterocycles. The normalized spacial score (nSPS) is 12.3. The fraction of sp³-hybridized carbons (Fsp3) is 0.118. The van der Waals surface area contributed by atoms with E-state index in [1.807, 2.05) is 0 Å². The zero-order chi connectivity index (χ0) is 17.5. The van der Waals surface area contributed by atoms with Gasteiger partial charge in [0.25, 0.3) is 11.8 Å². The van der Waals surface area contributed by atoms with Crippen molar-refractivity contribution in [2.24, 2.45) is 0 Å². The molecule has 1 aromatic carbocycles. The molecule has 0 aliphatic rings. The summed E-state index contributed by atoms with van der Waals surface area (Å²) in [6.45, 7) is 1.27. The van der Waals surface area contributed by atoms with E-state index < -0.39 is 23.8 Å². The lowest BCUT2D eigenvalue weighted by molar-refractivity contribution is -0.307. The maximum absolute atomic E-state index is 12.3. The summed E-state index contributed by atoms with van der Waals surface area (Å²) in [5.74, 6) is -2.79. The molecule has 0 saturated carbocycles. The number of hydrogen-bond donors (Lipinski definition) is 2. The maximum atomic E-state index is 12.3. The molecule has 0 aliphatic heterocycles. The number of carbonyl (C=O) groups is 3. The summed E-state index contributed by atoms with van der Waals surface area (Å²) >= 11 is 0. The van der Waals surface area contributed by atoms with Gasteiger partial charge in [0.2, 0.25) is 0 Å². The highest BCUT2D eigenvalue weighted by Gasteiger charge is 2.18. The van der Waals surface area contributed by atoms with Gasteiger partial charge in [0.1, 0.15) is 5.70 Å². The molecule has 0 saturated heterocycles. The third-order valence-corrected chi connectivity index (χ3v) is 3.05. The van der Waals surface area contributed by atoms with E-state index in [-0.39, 0.29) is 11.5 Å². The first kappa shape index (κ1) is 17.0. The van der Waals surface area contributed by atoms with Gasteiger partial charge in [-0.3, -0.25) is 9.59 Å². The predicted molar refractivity (Wildman–Crippen MR) is 83.2 cm³/mol. The van der Waals surface area contributed by atoms with Crippen molar-refractivity contribution in [2.75, 3.05) is 0 Å². The summed E-state index contributed by atoms with van der Waals surface area (Å²) in [7, 11) is 0. The molecule has 2 rings (SSSR count). The zero-order valence-corrected chi connectivity index (χ0v) is 12.8. The highest BCUT2D eigenvalue weighted by Crippen LogP contribution is 2.07. The Balaban J connectivity index is 2.24. The number of carboxylic acid groups (broad SMARTS) is 1. The van der Waals surface area contributed by atoms with Gasteiger partial charge in [-0.1, -0.05) is 30.3 Å². The highest BCUT2D eigenvalue weighted by atomic mass is 16.4. The lowest BCUT2D eigenvalue weighted by Gasteiger charge is -2.16. The third-order valence-electron chi connectivity index (χ3n) is 3.05. The Morgan fingerprint density at radius 1 is 1.12 bits per heavy atom. The molecule has 2 N–H and O–H groups in total. The molecule has 124 valence electrons. The standard InChI is InChI=1S/C17H16N2O5/c1-11(17(22)23)18-15(20)13(10-12-6-3-2-4-7-12)19-16(21)14-8-5-9-24-14/h2-11H,1H3,(H,18,20)(H,19,21)(H,22,23)/p-1/b13-10-/t11-/m1/s1. The average molecular weight is 327 g/mol. The van der Waals surface area contributed by atoms with Crippen LogP contribution in [0.5, 0.6) is 0 Å². The quantitative estimate of drug-likeness (QED) is 0.742. The van der Waals surface area contributed by atoms with Crippen molar-refractivity contribution in [3.63, 3.8) is 0 Å². The van der Waals surface area contributed by atoms with E-state index in [0.717, 1.165) is 0 Å². The molecule has 0 unspecified atom stereocenters. The van der Waals surface area contributed by atoms with Gasteiger partial charge >= 0.3 is 0 Å². The third kappa shape index (κ3) is 4.57. The van der Waals surface area contributed by atoms with E-state index in [0.29, 0.717) is 5.56 Å². The van der Waals surface area contributed by atoms with Gasteiger partial charge < -0.3 is 25.0 Å². The fourth-order valence-electron chi connectivity index (χ4n) is 1.80. The first-order chi connectivity index (χ1) is 11.5. The predicted octanol–water partition coefficient (Wildman–Crippen LogP) is 0.305. The molecular weight excluding hydrogens is 312 g/mol. The van der Waals surface area contributed by atoms with Crippen molar-refractivity contribution in [3.8, 4) is 0 Å². The lowest BCUT2D eigenvalue weighted by Crippen LogP contribution is -2.48. The lowest BCUT2D eigenvalue weighted by atomic mass is 10.2. The minimum atomic E-state index is -1.43. The highest BCUT2D eigenvalue weighted by molar-refractivity contribution is 6.05. The molecule has 2 aromatic rings. The van der Waals surface area contributed by atoms with Crippen LogP contribution in [0.15, 0.2) is 58.8 Å². The Labute approximate surface area is 138 Å². The summed E-state index contributed by atoms with van der Waals surface area (Å²) < 4.78 is 4.97. The van der Waals surface area contributed by atoms with Gasteiger partial charge in [-0.15, -0.1) is 0 Å². The van der Waals surface area contributed by atoms with E-state index in [2.05, 4.69) is 10.6 Å². The second-order valence-corrected chi connectivity index (χ2v) is 4.91. The van der Waals surface area contributed by atoms with Gasteiger partial charge in [0.15, 0.2) is 5.76 Å². The second kappa shape index (κ2) is 7.77. The van der Waals surface area contributed by atoms with Gasteiger partial charge in [-0.05, 0) is 30.7 Å². The summed E-state index contributed by atoms with van der Waals surface area (Å²) in [4.78, 5) is 35.1. The smallest absolute Gasteiger partial charge is 0.291 e. The Kier molecular flexibility index (Phi) is 5.51. The molecule has 0 aliphatic carbocycles. The SMILES string of the molecule is C[C@@H](NC(=O)/C(=C/c1ccccc1)NC(=O)c1ccco1)C(=O)[O-]. The van der Waals surface area contributed by atoms with E-state index in [1.165, 1.54) is 31.4 Å². The maximum Gasteiger partial charge on any atom is 0.291 e. The molecule has 1 atom stereocenters. The summed E-state index contributed by atoms with van der Waals surface area (Å²) in [6.07, 6.45) is 2.76. The Hall–Kier alpha value is -3.35. The Morgan fingerprint density at radius 2 is 1.83 bits per heavy atom. The van der Waals surface area contributed by atoms with Gasteiger partial charge in [0.05, 0.1) is 18.3 Å². The van der Waals surface area contributed by atoms with Crippen LogP contribution in [0.1, 0.15) is 23.0 Å². The van der Waals surface area contributed by atoms with Crippen LogP contribution < -0.4 is 15.7 Å². The number of hydrogen-bond acceptors (Lipinski definition) is 5. The van der Waals surface area contributed by atoms with Crippen molar-refractivity contribution in [1.29, 1.82) is 0 Å². The number of rotatable bonds is 6. The van der Waals surface area contributed by atoms with Crippen LogP contribution >= 0.6 is 0 Å². The van der Waals surface area contributed by atoms with Crippen LogP contribution in [0.3, 0.4) is 0 Å². The number of aliphatic carboxylic acids is 1. The molecule has 2 amide bonds. The zero-order valence-electron chi connectivity index (χ0n) is 12.8. The minimum absolute atomic E-state index is 0.0229. The van der Waals surface area contributed by atoms with Gasteiger partial charge in [-0.25, -0.2) is 0 Å². The largest absolute Gasteiger partial charge is 0.548 e. The van der Waals surface area contributed by atoms with Gasteiger partial charge in [-0.2, -0.15) is 0 Å². The minimum Gasteiger partial charge on any atom is -0.548 e. The molecule has 0 radical (unpaired) electrons. The number of carboxylic acids is 1.